The van der Waals surface area contributed by atoms with Crippen molar-refractivity contribution in [3.8, 4) is 0 Å². The number of aromatic nitrogens is 1. The molecule has 0 aliphatic heterocycles. The van der Waals surface area contributed by atoms with Gasteiger partial charge in [-0.05, 0) is 26.3 Å². The van der Waals surface area contributed by atoms with Gasteiger partial charge in [0.25, 0.3) is 0 Å². The molecule has 0 saturated carbocycles. The summed E-state index contributed by atoms with van der Waals surface area (Å²) in [6, 6.07) is 9.79. The van der Waals surface area contributed by atoms with Crippen molar-refractivity contribution in [1.82, 2.24) is 10.3 Å². The van der Waals surface area contributed by atoms with Gasteiger partial charge in [0, 0.05) is 4.88 Å². The third-order valence-corrected chi connectivity index (χ3v) is 4.17. The van der Waals surface area contributed by atoms with Crippen LogP contribution in [0.2, 0.25) is 0 Å². The van der Waals surface area contributed by atoms with Gasteiger partial charge in [0.05, 0.1) is 23.2 Å². The molecule has 0 spiro atoms. The van der Waals surface area contributed by atoms with Crippen molar-refractivity contribution in [2.45, 2.75) is 33.2 Å². The average molecular weight is 274 g/mol. The zero-order valence-corrected chi connectivity index (χ0v) is 12.3. The van der Waals surface area contributed by atoms with Gasteiger partial charge in [-0.2, -0.15) is 0 Å². The topological polar surface area (TPSA) is 42.0 Å². The van der Waals surface area contributed by atoms with Crippen LogP contribution in [-0.4, -0.2) is 10.9 Å². The second-order valence-corrected chi connectivity index (χ2v) is 5.87. The molecular formula is C15H18N2OS. The number of aryl methyl sites for hydroxylation is 2. The first-order chi connectivity index (χ1) is 9.06. The predicted octanol–water partition coefficient (Wildman–Crippen LogP) is 3.18. The number of amides is 1. The van der Waals surface area contributed by atoms with Gasteiger partial charge in [0.2, 0.25) is 5.91 Å². The molecule has 1 heterocycles. The first-order valence-corrected chi connectivity index (χ1v) is 7.15. The molecule has 0 bridgehead atoms. The highest BCUT2D eigenvalue weighted by Crippen LogP contribution is 2.24. The quantitative estimate of drug-likeness (QED) is 0.930. The van der Waals surface area contributed by atoms with Crippen LogP contribution in [-0.2, 0) is 11.2 Å². The number of benzene rings is 1. The molecule has 1 aromatic heterocycles. The number of hydrogen-bond donors (Lipinski definition) is 1. The third-order valence-electron chi connectivity index (χ3n) is 2.92. The van der Waals surface area contributed by atoms with E-state index in [1.54, 1.807) is 11.3 Å². The summed E-state index contributed by atoms with van der Waals surface area (Å²) in [6.07, 6.45) is 0.419. The lowest BCUT2D eigenvalue weighted by atomic mass is 10.1. The first-order valence-electron chi connectivity index (χ1n) is 6.33. The summed E-state index contributed by atoms with van der Waals surface area (Å²) in [5.41, 5.74) is 2.04. The van der Waals surface area contributed by atoms with E-state index in [0.717, 1.165) is 21.1 Å². The Labute approximate surface area is 117 Å². The highest BCUT2D eigenvalue weighted by atomic mass is 32.1. The molecule has 100 valence electrons. The van der Waals surface area contributed by atoms with Gasteiger partial charge in [0.1, 0.15) is 0 Å². The highest BCUT2D eigenvalue weighted by Gasteiger charge is 2.15. The van der Waals surface area contributed by atoms with Crippen LogP contribution in [0.25, 0.3) is 0 Å². The van der Waals surface area contributed by atoms with E-state index in [1.165, 1.54) is 0 Å². The molecule has 0 fully saturated rings. The highest BCUT2D eigenvalue weighted by molar-refractivity contribution is 7.11. The molecule has 3 nitrogen and oxygen atoms in total. The second kappa shape index (κ2) is 5.97. The van der Waals surface area contributed by atoms with Crippen LogP contribution >= 0.6 is 11.3 Å². The summed E-state index contributed by atoms with van der Waals surface area (Å²) in [5.74, 6) is 0.0455. The molecule has 1 N–H and O–H groups in total. The zero-order valence-electron chi connectivity index (χ0n) is 11.4. The van der Waals surface area contributed by atoms with Crippen molar-refractivity contribution in [3.05, 3.63) is 51.5 Å². The fourth-order valence-corrected chi connectivity index (χ4v) is 3.02. The molecular weight excluding hydrogens is 256 g/mol. The largest absolute Gasteiger partial charge is 0.348 e. The number of nitrogens with one attached hydrogen (secondary N) is 1. The molecule has 1 unspecified atom stereocenters. The summed E-state index contributed by atoms with van der Waals surface area (Å²) < 4.78 is 0. The Bertz CT molecular complexity index is 563. The van der Waals surface area contributed by atoms with Crippen molar-refractivity contribution in [2.75, 3.05) is 0 Å². The van der Waals surface area contributed by atoms with E-state index in [9.17, 15) is 4.79 Å². The van der Waals surface area contributed by atoms with E-state index in [4.69, 9.17) is 0 Å². The molecule has 0 radical (unpaired) electrons. The Morgan fingerprint density at radius 1 is 1.32 bits per heavy atom. The van der Waals surface area contributed by atoms with E-state index in [0.29, 0.717) is 6.42 Å². The zero-order chi connectivity index (χ0) is 13.8. The lowest BCUT2D eigenvalue weighted by Crippen LogP contribution is -2.28. The number of carbonyl (C=O) groups is 1. The lowest BCUT2D eigenvalue weighted by molar-refractivity contribution is -0.121. The Morgan fingerprint density at radius 3 is 2.58 bits per heavy atom. The molecule has 2 rings (SSSR count). The monoisotopic (exact) mass is 274 g/mol. The van der Waals surface area contributed by atoms with E-state index in [1.807, 2.05) is 51.1 Å². The average Bonchev–Trinajstić information content (AvgIpc) is 2.69. The van der Waals surface area contributed by atoms with Gasteiger partial charge < -0.3 is 5.32 Å². The first kappa shape index (κ1) is 13.7. The molecule has 0 saturated heterocycles. The van der Waals surface area contributed by atoms with Gasteiger partial charge in [-0.1, -0.05) is 30.3 Å². The summed E-state index contributed by atoms with van der Waals surface area (Å²) >= 11 is 1.64. The Morgan fingerprint density at radius 2 is 2.00 bits per heavy atom. The van der Waals surface area contributed by atoms with Gasteiger partial charge in [-0.15, -0.1) is 11.3 Å². The van der Waals surface area contributed by atoms with Gasteiger partial charge in [0.15, 0.2) is 0 Å². The summed E-state index contributed by atoms with van der Waals surface area (Å²) in [6.45, 7) is 5.97. The summed E-state index contributed by atoms with van der Waals surface area (Å²) in [7, 11) is 0. The third kappa shape index (κ3) is 3.64. The lowest BCUT2D eigenvalue weighted by Gasteiger charge is -2.13. The maximum atomic E-state index is 12.0. The van der Waals surface area contributed by atoms with E-state index in [2.05, 4.69) is 10.3 Å². The number of carbonyl (C=O) groups excluding carboxylic acids is 1. The van der Waals surface area contributed by atoms with E-state index in [-0.39, 0.29) is 11.9 Å². The van der Waals surface area contributed by atoms with Gasteiger partial charge in [-0.25, -0.2) is 4.98 Å². The molecule has 19 heavy (non-hydrogen) atoms. The molecule has 1 amide bonds. The second-order valence-electron chi connectivity index (χ2n) is 4.63. The smallest absolute Gasteiger partial charge is 0.224 e. The minimum atomic E-state index is 0.0161. The standard InChI is InChI=1S/C15H18N2OS/c1-10-15(19-12(3)16-10)11(2)17-14(18)9-13-7-5-4-6-8-13/h4-8,11H,9H2,1-3H3,(H,17,18). The minimum Gasteiger partial charge on any atom is -0.348 e. The van der Waals surface area contributed by atoms with Crippen LogP contribution in [0.5, 0.6) is 0 Å². The van der Waals surface area contributed by atoms with Crippen LogP contribution in [0.15, 0.2) is 30.3 Å². The number of nitrogens with zero attached hydrogens (tertiary/aromatic N) is 1. The number of thiazole rings is 1. The van der Waals surface area contributed by atoms with Crippen LogP contribution in [0.4, 0.5) is 0 Å². The van der Waals surface area contributed by atoms with E-state index >= 15 is 0 Å². The Balaban J connectivity index is 1.97. The molecule has 0 aliphatic rings. The minimum absolute atomic E-state index is 0.0161. The summed E-state index contributed by atoms with van der Waals surface area (Å²) in [4.78, 5) is 17.5. The fraction of sp³-hybridized carbons (Fsp3) is 0.333. The summed E-state index contributed by atoms with van der Waals surface area (Å²) in [5, 5.41) is 4.07. The van der Waals surface area contributed by atoms with Crippen molar-refractivity contribution in [1.29, 1.82) is 0 Å². The normalized spacial score (nSPS) is 12.2. The van der Waals surface area contributed by atoms with Gasteiger partial charge >= 0.3 is 0 Å². The maximum Gasteiger partial charge on any atom is 0.224 e. The molecule has 4 heteroatoms. The van der Waals surface area contributed by atoms with Gasteiger partial charge in [-0.3, -0.25) is 4.79 Å². The van der Waals surface area contributed by atoms with Crippen molar-refractivity contribution >= 4 is 17.2 Å². The van der Waals surface area contributed by atoms with Crippen molar-refractivity contribution in [3.63, 3.8) is 0 Å². The van der Waals surface area contributed by atoms with E-state index < -0.39 is 0 Å². The van der Waals surface area contributed by atoms with Crippen molar-refractivity contribution < 1.29 is 4.79 Å². The van der Waals surface area contributed by atoms with Crippen LogP contribution < -0.4 is 5.32 Å². The Kier molecular flexibility index (Phi) is 4.32. The number of rotatable bonds is 4. The molecule has 1 aromatic carbocycles. The SMILES string of the molecule is Cc1nc(C)c(C(C)NC(=O)Cc2ccccc2)s1. The molecule has 1 atom stereocenters. The van der Waals surface area contributed by atoms with Crippen LogP contribution in [0.1, 0.15) is 34.1 Å². The Hall–Kier alpha value is -1.68. The fourth-order valence-electron chi connectivity index (χ4n) is 2.09. The molecule has 2 aromatic rings. The maximum absolute atomic E-state index is 12.0. The van der Waals surface area contributed by atoms with Crippen LogP contribution in [0.3, 0.4) is 0 Å². The van der Waals surface area contributed by atoms with Crippen molar-refractivity contribution in [2.24, 2.45) is 0 Å². The molecule has 0 aliphatic carbocycles. The number of hydrogen-bond acceptors (Lipinski definition) is 3. The van der Waals surface area contributed by atoms with Crippen LogP contribution in [0, 0.1) is 13.8 Å². The predicted molar refractivity (Wildman–Crippen MR) is 78.3 cm³/mol.